The largest absolute Gasteiger partial charge is 0.344 e. The first-order valence-electron chi connectivity index (χ1n) is 5.43. The van der Waals surface area contributed by atoms with Crippen molar-refractivity contribution in [3.8, 4) is 0 Å². The number of nitrogens with one attached hydrogen (secondary N) is 2. The van der Waals surface area contributed by atoms with E-state index in [1.54, 1.807) is 18.3 Å². The third-order valence-corrected chi connectivity index (χ3v) is 3.50. The van der Waals surface area contributed by atoms with Gasteiger partial charge in [-0.15, -0.1) is 11.3 Å². The summed E-state index contributed by atoms with van der Waals surface area (Å²) in [7, 11) is 0. The molecule has 19 heavy (non-hydrogen) atoms. The number of amides is 1. The topological polar surface area (TPSA) is 92.9 Å². The van der Waals surface area contributed by atoms with Crippen molar-refractivity contribution in [1.29, 1.82) is 0 Å². The van der Waals surface area contributed by atoms with Crippen molar-refractivity contribution >= 4 is 34.7 Å². The number of nitrogen functional groups attached to an aromatic ring is 1. The van der Waals surface area contributed by atoms with Gasteiger partial charge in [0.2, 0.25) is 0 Å². The summed E-state index contributed by atoms with van der Waals surface area (Å²) in [4.78, 5) is 21.2. The number of nitrogens with two attached hydrogens (primary N) is 1. The number of hydrazine groups is 1. The van der Waals surface area contributed by atoms with Crippen LogP contribution in [0.4, 0.5) is 5.82 Å². The van der Waals surface area contributed by atoms with Crippen LogP contribution in [0.15, 0.2) is 18.3 Å². The first-order valence-corrected chi connectivity index (χ1v) is 6.62. The van der Waals surface area contributed by atoms with Gasteiger partial charge in [0, 0.05) is 11.1 Å². The minimum atomic E-state index is -0.366. The lowest BCUT2D eigenvalue weighted by Gasteiger charge is -2.06. The molecule has 0 aliphatic rings. The van der Waals surface area contributed by atoms with Crippen LogP contribution in [0.5, 0.6) is 0 Å². The Morgan fingerprint density at radius 3 is 2.95 bits per heavy atom. The number of rotatable bonds is 4. The van der Waals surface area contributed by atoms with Gasteiger partial charge in [0.25, 0.3) is 5.91 Å². The molecule has 0 aliphatic heterocycles. The Morgan fingerprint density at radius 1 is 1.53 bits per heavy atom. The molecule has 2 heterocycles. The van der Waals surface area contributed by atoms with E-state index < -0.39 is 0 Å². The lowest BCUT2D eigenvalue weighted by atomic mass is 10.3. The average Bonchev–Trinajstić information content (AvgIpc) is 2.82. The molecule has 0 atom stereocenters. The molecule has 2 rings (SSSR count). The zero-order chi connectivity index (χ0) is 13.8. The number of halogens is 1. The minimum Gasteiger partial charge on any atom is -0.344 e. The maximum absolute atomic E-state index is 12.0. The van der Waals surface area contributed by atoms with Crippen LogP contribution in [0.2, 0.25) is 5.02 Å². The molecular formula is C11H12ClN5OS. The van der Waals surface area contributed by atoms with Gasteiger partial charge in [0.15, 0.2) is 0 Å². The monoisotopic (exact) mass is 297 g/mol. The van der Waals surface area contributed by atoms with E-state index in [0.717, 1.165) is 9.88 Å². The van der Waals surface area contributed by atoms with Gasteiger partial charge in [0.05, 0.1) is 11.6 Å². The highest BCUT2D eigenvalue weighted by Gasteiger charge is 2.13. The van der Waals surface area contributed by atoms with Crippen LogP contribution in [0.3, 0.4) is 0 Å². The Balaban J connectivity index is 2.07. The molecule has 2 aromatic heterocycles. The molecule has 100 valence electrons. The van der Waals surface area contributed by atoms with Crippen LogP contribution in [-0.4, -0.2) is 15.9 Å². The second-order valence-electron chi connectivity index (χ2n) is 3.72. The maximum atomic E-state index is 12.0. The number of carbonyl (C=O) groups is 1. The number of hydrogen-bond acceptors (Lipinski definition) is 6. The Morgan fingerprint density at radius 2 is 2.32 bits per heavy atom. The van der Waals surface area contributed by atoms with E-state index in [9.17, 15) is 4.79 Å². The number of aryl methyl sites for hydroxylation is 1. The molecular weight excluding hydrogens is 286 g/mol. The maximum Gasteiger partial charge on any atom is 0.271 e. The Kier molecular flexibility index (Phi) is 4.31. The normalized spacial score (nSPS) is 10.3. The quantitative estimate of drug-likeness (QED) is 0.590. The number of anilines is 1. The molecule has 6 nitrogen and oxygen atoms in total. The Hall–Kier alpha value is -1.70. The molecule has 1 amide bonds. The predicted octanol–water partition coefficient (Wildman–Crippen LogP) is 1.72. The number of aromatic nitrogens is 2. The number of pyridine rings is 1. The van der Waals surface area contributed by atoms with E-state index >= 15 is 0 Å². The van der Waals surface area contributed by atoms with Gasteiger partial charge in [-0.25, -0.2) is 15.8 Å². The molecule has 0 aliphatic carbocycles. The van der Waals surface area contributed by atoms with Crippen LogP contribution >= 0.6 is 22.9 Å². The molecule has 2 aromatic rings. The second-order valence-corrected chi connectivity index (χ2v) is 5.45. The number of hydrogen-bond donors (Lipinski definition) is 3. The second kappa shape index (κ2) is 5.96. The molecule has 0 aromatic carbocycles. The SMILES string of the molecule is Cc1cnc(CNC(=O)c2nc(NN)ccc2Cl)s1. The molecule has 0 saturated heterocycles. The van der Waals surface area contributed by atoms with Crippen molar-refractivity contribution < 1.29 is 4.79 Å². The number of nitrogens with zero attached hydrogens (tertiary/aromatic N) is 2. The molecule has 0 bridgehead atoms. The molecule has 0 fully saturated rings. The van der Waals surface area contributed by atoms with E-state index in [-0.39, 0.29) is 16.6 Å². The zero-order valence-electron chi connectivity index (χ0n) is 10.1. The van der Waals surface area contributed by atoms with Gasteiger partial charge in [-0.1, -0.05) is 11.6 Å². The molecule has 0 unspecified atom stereocenters. The van der Waals surface area contributed by atoms with Crippen molar-refractivity contribution in [2.75, 3.05) is 5.43 Å². The summed E-state index contributed by atoms with van der Waals surface area (Å²) >= 11 is 7.45. The van der Waals surface area contributed by atoms with E-state index in [0.29, 0.717) is 12.4 Å². The standard InChI is InChI=1S/C11H12ClN5OS/c1-6-4-14-9(19-6)5-15-11(18)10-7(12)2-3-8(16-10)17-13/h2-4H,5,13H2,1H3,(H,15,18)(H,16,17). The van der Waals surface area contributed by atoms with Crippen LogP contribution in [0, 0.1) is 6.92 Å². The third kappa shape index (κ3) is 3.40. The number of thiazole rings is 1. The van der Waals surface area contributed by atoms with E-state index in [1.165, 1.54) is 11.3 Å². The van der Waals surface area contributed by atoms with Gasteiger partial charge in [0.1, 0.15) is 16.5 Å². The van der Waals surface area contributed by atoms with Crippen molar-refractivity contribution in [3.63, 3.8) is 0 Å². The van der Waals surface area contributed by atoms with Gasteiger partial charge in [-0.05, 0) is 19.1 Å². The number of carbonyl (C=O) groups excluding carboxylic acids is 1. The fraction of sp³-hybridized carbons (Fsp3) is 0.182. The molecule has 8 heteroatoms. The average molecular weight is 298 g/mol. The zero-order valence-corrected chi connectivity index (χ0v) is 11.7. The third-order valence-electron chi connectivity index (χ3n) is 2.28. The van der Waals surface area contributed by atoms with Crippen molar-refractivity contribution in [3.05, 3.63) is 38.9 Å². The Bertz CT molecular complexity index is 601. The Labute approximate surface area is 119 Å². The van der Waals surface area contributed by atoms with Crippen molar-refractivity contribution in [1.82, 2.24) is 15.3 Å². The van der Waals surface area contributed by atoms with Gasteiger partial charge in [-0.3, -0.25) is 4.79 Å². The molecule has 0 spiro atoms. The minimum absolute atomic E-state index is 0.130. The predicted molar refractivity (Wildman–Crippen MR) is 75.1 cm³/mol. The fourth-order valence-corrected chi connectivity index (χ4v) is 2.32. The highest BCUT2D eigenvalue weighted by atomic mass is 35.5. The highest BCUT2D eigenvalue weighted by Crippen LogP contribution is 2.16. The first-order chi connectivity index (χ1) is 9.10. The summed E-state index contributed by atoms with van der Waals surface area (Å²) in [5.74, 6) is 5.25. The van der Waals surface area contributed by atoms with Gasteiger partial charge >= 0.3 is 0 Å². The van der Waals surface area contributed by atoms with E-state index in [4.69, 9.17) is 17.4 Å². The van der Waals surface area contributed by atoms with Crippen LogP contribution in [0.1, 0.15) is 20.4 Å². The molecule has 4 N–H and O–H groups in total. The van der Waals surface area contributed by atoms with Crippen molar-refractivity contribution in [2.24, 2.45) is 5.84 Å². The summed E-state index contributed by atoms with van der Waals surface area (Å²) in [6, 6.07) is 3.15. The van der Waals surface area contributed by atoms with Crippen LogP contribution in [-0.2, 0) is 6.54 Å². The van der Waals surface area contributed by atoms with E-state index in [2.05, 4.69) is 20.7 Å². The lowest BCUT2D eigenvalue weighted by Crippen LogP contribution is -2.24. The summed E-state index contributed by atoms with van der Waals surface area (Å²) in [5, 5.41) is 3.81. The lowest BCUT2D eigenvalue weighted by molar-refractivity contribution is 0.0946. The molecule has 0 radical (unpaired) electrons. The molecule has 0 saturated carbocycles. The van der Waals surface area contributed by atoms with Gasteiger partial charge < -0.3 is 10.7 Å². The van der Waals surface area contributed by atoms with Crippen LogP contribution in [0.25, 0.3) is 0 Å². The first kappa shape index (κ1) is 13.7. The summed E-state index contributed by atoms with van der Waals surface area (Å²) < 4.78 is 0. The summed E-state index contributed by atoms with van der Waals surface area (Å²) in [5.41, 5.74) is 2.50. The smallest absolute Gasteiger partial charge is 0.271 e. The summed E-state index contributed by atoms with van der Waals surface area (Å²) in [6.45, 7) is 2.30. The summed E-state index contributed by atoms with van der Waals surface area (Å²) in [6.07, 6.45) is 1.76. The fourth-order valence-electron chi connectivity index (χ4n) is 1.40. The van der Waals surface area contributed by atoms with E-state index in [1.807, 2.05) is 6.92 Å². The highest BCUT2D eigenvalue weighted by molar-refractivity contribution is 7.11. The van der Waals surface area contributed by atoms with Crippen molar-refractivity contribution in [2.45, 2.75) is 13.5 Å². The van der Waals surface area contributed by atoms with Gasteiger partial charge in [-0.2, -0.15) is 0 Å². The van der Waals surface area contributed by atoms with Crippen LogP contribution < -0.4 is 16.6 Å².